The maximum Gasteiger partial charge on any atom is 0.378 e. The Morgan fingerprint density at radius 3 is 2.47 bits per heavy atom. The van der Waals surface area contributed by atoms with Gasteiger partial charge in [-0.25, -0.2) is 0 Å². The molecule has 3 aromatic rings. The lowest BCUT2D eigenvalue weighted by molar-refractivity contribution is 0.0725. The van der Waals surface area contributed by atoms with Gasteiger partial charge >= 0.3 is 10.7 Å². The molecule has 2 aromatic carbocycles. The maximum absolute atomic E-state index is 13.2. The van der Waals surface area contributed by atoms with Crippen LogP contribution < -0.4 is 5.32 Å². The fraction of sp³-hybridized carbons (Fsp3) is 0.286. The Morgan fingerprint density at radius 1 is 1.20 bits per heavy atom. The highest BCUT2D eigenvalue weighted by molar-refractivity contribution is 9.09. The van der Waals surface area contributed by atoms with E-state index in [1.54, 1.807) is 24.3 Å². The second kappa shape index (κ2) is 9.44. The van der Waals surface area contributed by atoms with Gasteiger partial charge in [0.1, 0.15) is 0 Å². The van der Waals surface area contributed by atoms with Crippen molar-refractivity contribution in [3.8, 4) is 11.4 Å². The number of hydrogen-bond acceptors (Lipinski definition) is 5. The molecular formula is C21H21BrF2N4O2. The van der Waals surface area contributed by atoms with Gasteiger partial charge in [0.05, 0.1) is 0 Å². The second-order valence-electron chi connectivity index (χ2n) is 7.06. The number of carbonyl (C=O) groups excluding carboxylic acids is 1. The first kappa shape index (κ1) is 22.0. The molecule has 0 spiro atoms. The molecule has 1 amide bonds. The topological polar surface area (TPSA) is 71.3 Å². The lowest BCUT2D eigenvalue weighted by Crippen LogP contribution is -2.40. The monoisotopic (exact) mass is 478 g/mol. The van der Waals surface area contributed by atoms with Crippen LogP contribution in [0.2, 0.25) is 0 Å². The van der Waals surface area contributed by atoms with E-state index in [0.717, 1.165) is 6.54 Å². The fourth-order valence-electron chi connectivity index (χ4n) is 3.01. The van der Waals surface area contributed by atoms with Crippen molar-refractivity contribution in [2.45, 2.75) is 24.3 Å². The number of carbonyl (C=O) groups is 1. The van der Waals surface area contributed by atoms with Gasteiger partial charge in [-0.15, -0.1) is 0 Å². The summed E-state index contributed by atoms with van der Waals surface area (Å²) in [6, 6.07) is 16.4. The molecule has 9 heteroatoms. The molecule has 0 saturated heterocycles. The van der Waals surface area contributed by atoms with Crippen molar-refractivity contribution in [3.63, 3.8) is 0 Å². The van der Waals surface area contributed by atoms with Crippen LogP contribution in [0.15, 0.2) is 59.1 Å². The zero-order valence-corrected chi connectivity index (χ0v) is 18.1. The Bertz CT molecular complexity index is 975. The number of alkyl halides is 3. The van der Waals surface area contributed by atoms with Gasteiger partial charge in [-0.2, -0.15) is 13.8 Å². The predicted molar refractivity (Wildman–Crippen MR) is 112 cm³/mol. The minimum atomic E-state index is -3.39. The number of nitrogens with one attached hydrogen (secondary N) is 1. The molecule has 0 saturated carbocycles. The van der Waals surface area contributed by atoms with Gasteiger partial charge < -0.3 is 14.7 Å². The zero-order chi connectivity index (χ0) is 21.7. The third-order valence-corrected chi connectivity index (χ3v) is 4.67. The highest BCUT2D eigenvalue weighted by Crippen LogP contribution is 2.34. The summed E-state index contributed by atoms with van der Waals surface area (Å²) in [5.74, 6) is -1.03. The SMILES string of the molecule is C[C@H](CN(C)Cc1ccccc1)NC(=O)c1ccc(-c2noc(C(F)(F)Br)n2)cc1. The fourth-order valence-corrected chi connectivity index (χ4v) is 3.17. The highest BCUT2D eigenvalue weighted by Gasteiger charge is 2.34. The van der Waals surface area contributed by atoms with Crippen LogP contribution in [-0.4, -0.2) is 40.6 Å². The van der Waals surface area contributed by atoms with Gasteiger partial charge in [-0.3, -0.25) is 4.79 Å². The molecule has 1 atom stereocenters. The molecule has 0 bridgehead atoms. The Balaban J connectivity index is 1.55. The molecule has 0 aliphatic rings. The normalized spacial score (nSPS) is 12.7. The highest BCUT2D eigenvalue weighted by atomic mass is 79.9. The molecule has 0 unspecified atom stereocenters. The molecule has 30 heavy (non-hydrogen) atoms. The number of rotatable bonds is 8. The third-order valence-electron chi connectivity index (χ3n) is 4.33. The Kier molecular flexibility index (Phi) is 6.94. The van der Waals surface area contributed by atoms with E-state index in [1.807, 2.05) is 32.2 Å². The van der Waals surface area contributed by atoms with E-state index < -0.39 is 10.7 Å². The van der Waals surface area contributed by atoms with E-state index in [9.17, 15) is 13.6 Å². The molecular weight excluding hydrogens is 458 g/mol. The van der Waals surface area contributed by atoms with E-state index in [0.29, 0.717) is 17.7 Å². The van der Waals surface area contributed by atoms with Gasteiger partial charge in [-0.05, 0) is 31.7 Å². The standard InChI is InChI=1S/C21H21BrF2N4O2/c1-14(12-28(2)13-15-6-4-3-5-7-15)25-19(29)17-10-8-16(9-11-17)18-26-20(30-27-18)21(22,23)24/h3-11,14H,12-13H2,1-2H3,(H,25,29)/t14-/m1/s1. The number of likely N-dealkylation sites (N-methyl/N-ethyl adjacent to an activating group) is 1. The number of amides is 1. The van der Waals surface area contributed by atoms with Crippen molar-refractivity contribution in [3.05, 3.63) is 71.6 Å². The van der Waals surface area contributed by atoms with Crippen LogP contribution in [0.1, 0.15) is 28.7 Å². The first-order valence-corrected chi connectivity index (χ1v) is 10.1. The van der Waals surface area contributed by atoms with Gasteiger partial charge in [-0.1, -0.05) is 47.6 Å². The Hall–Kier alpha value is -2.65. The second-order valence-corrected chi connectivity index (χ2v) is 8.05. The van der Waals surface area contributed by atoms with E-state index in [1.165, 1.54) is 5.56 Å². The smallest absolute Gasteiger partial charge is 0.348 e. The summed E-state index contributed by atoms with van der Waals surface area (Å²) in [6.45, 7) is 3.41. The average molecular weight is 479 g/mol. The third kappa shape index (κ3) is 5.93. The Morgan fingerprint density at radius 2 is 1.87 bits per heavy atom. The average Bonchev–Trinajstić information content (AvgIpc) is 3.19. The summed E-state index contributed by atoms with van der Waals surface area (Å²) in [6.07, 6.45) is 0. The molecule has 6 nitrogen and oxygen atoms in total. The summed E-state index contributed by atoms with van der Waals surface area (Å²) in [7, 11) is 2.00. The van der Waals surface area contributed by atoms with Crippen LogP contribution in [0, 0.1) is 0 Å². The van der Waals surface area contributed by atoms with Crippen LogP contribution in [-0.2, 0) is 11.4 Å². The van der Waals surface area contributed by atoms with E-state index in [4.69, 9.17) is 0 Å². The van der Waals surface area contributed by atoms with Gasteiger partial charge in [0.25, 0.3) is 5.91 Å². The van der Waals surface area contributed by atoms with Crippen molar-refractivity contribution < 1.29 is 18.1 Å². The first-order chi connectivity index (χ1) is 14.2. The molecule has 0 aliphatic carbocycles. The molecule has 0 fully saturated rings. The van der Waals surface area contributed by atoms with Crippen LogP contribution in [0.5, 0.6) is 0 Å². The van der Waals surface area contributed by atoms with Crippen molar-refractivity contribution in [1.29, 1.82) is 0 Å². The quantitative estimate of drug-likeness (QED) is 0.484. The predicted octanol–water partition coefficient (Wildman–Crippen LogP) is 4.43. The van der Waals surface area contributed by atoms with Crippen LogP contribution in [0.25, 0.3) is 11.4 Å². The zero-order valence-electron chi connectivity index (χ0n) is 16.5. The minimum Gasteiger partial charge on any atom is -0.348 e. The number of halogens is 3. The molecule has 1 aromatic heterocycles. The number of benzene rings is 2. The van der Waals surface area contributed by atoms with Crippen LogP contribution >= 0.6 is 15.9 Å². The molecule has 0 aliphatic heterocycles. The van der Waals surface area contributed by atoms with Crippen molar-refractivity contribution in [1.82, 2.24) is 20.4 Å². The first-order valence-electron chi connectivity index (χ1n) is 9.27. The summed E-state index contributed by atoms with van der Waals surface area (Å²) in [5.41, 5.74) is 2.12. The van der Waals surface area contributed by atoms with Crippen LogP contribution in [0.3, 0.4) is 0 Å². The van der Waals surface area contributed by atoms with Gasteiger partial charge in [0, 0.05) is 46.2 Å². The van der Waals surface area contributed by atoms with Crippen molar-refractivity contribution in [2.75, 3.05) is 13.6 Å². The lowest BCUT2D eigenvalue weighted by Gasteiger charge is -2.22. The largest absolute Gasteiger partial charge is 0.378 e. The summed E-state index contributed by atoms with van der Waals surface area (Å²) in [5, 5.41) is 6.50. The Labute approximate surface area is 181 Å². The van der Waals surface area contributed by atoms with Crippen molar-refractivity contribution >= 4 is 21.8 Å². The molecule has 1 N–H and O–H groups in total. The minimum absolute atomic E-state index is 0.0204. The summed E-state index contributed by atoms with van der Waals surface area (Å²) in [4.78, 5) is 14.9. The summed E-state index contributed by atoms with van der Waals surface area (Å²) < 4.78 is 30.9. The van der Waals surface area contributed by atoms with Crippen LogP contribution in [0.4, 0.5) is 8.78 Å². The maximum atomic E-state index is 13.2. The molecule has 1 heterocycles. The molecule has 3 rings (SSSR count). The van der Waals surface area contributed by atoms with Crippen molar-refractivity contribution in [2.24, 2.45) is 0 Å². The van der Waals surface area contributed by atoms with Gasteiger partial charge in [0.2, 0.25) is 5.82 Å². The van der Waals surface area contributed by atoms with E-state index in [-0.39, 0.29) is 17.8 Å². The van der Waals surface area contributed by atoms with Gasteiger partial charge in [0.15, 0.2) is 0 Å². The number of hydrogen-bond donors (Lipinski definition) is 1. The molecule has 158 valence electrons. The summed E-state index contributed by atoms with van der Waals surface area (Å²) >= 11 is 2.18. The van der Waals surface area contributed by atoms with E-state index >= 15 is 0 Å². The lowest BCUT2D eigenvalue weighted by atomic mass is 10.1. The molecule has 0 radical (unpaired) electrons. The number of nitrogens with zero attached hydrogens (tertiary/aromatic N) is 3. The number of aromatic nitrogens is 2. The van der Waals surface area contributed by atoms with E-state index in [2.05, 4.69) is 52.9 Å².